The normalized spacial score (nSPS) is 17.8. The van der Waals surface area contributed by atoms with Crippen molar-refractivity contribution in [3.63, 3.8) is 0 Å². The highest BCUT2D eigenvalue weighted by molar-refractivity contribution is 5.37. The van der Waals surface area contributed by atoms with Gasteiger partial charge in [-0.05, 0) is 24.6 Å². The second-order valence-corrected chi connectivity index (χ2v) is 6.08. The Morgan fingerprint density at radius 3 is 3.08 bits per heavy atom. The summed E-state index contributed by atoms with van der Waals surface area (Å²) >= 11 is 0. The minimum absolute atomic E-state index is 0.130. The van der Waals surface area contributed by atoms with Crippen molar-refractivity contribution < 1.29 is 5.11 Å². The molecule has 0 radical (unpaired) electrons. The lowest BCUT2D eigenvalue weighted by atomic mass is 9.91. The third kappa shape index (κ3) is 2.67. The lowest BCUT2D eigenvalue weighted by Crippen LogP contribution is -2.34. The van der Waals surface area contributed by atoms with E-state index in [0.29, 0.717) is 0 Å². The number of imidazole rings is 1. The van der Waals surface area contributed by atoms with Crippen molar-refractivity contribution in [1.82, 2.24) is 29.6 Å². The summed E-state index contributed by atoms with van der Waals surface area (Å²) in [5.41, 5.74) is 3.26. The summed E-state index contributed by atoms with van der Waals surface area (Å²) in [5, 5.41) is 14.1. The number of aromatic nitrogens is 5. The summed E-state index contributed by atoms with van der Waals surface area (Å²) in [4.78, 5) is 14.5. The third-order valence-corrected chi connectivity index (χ3v) is 4.54. The Labute approximate surface area is 140 Å². The van der Waals surface area contributed by atoms with Crippen molar-refractivity contribution in [1.29, 1.82) is 0 Å². The van der Waals surface area contributed by atoms with Gasteiger partial charge in [-0.1, -0.05) is 12.1 Å². The highest BCUT2D eigenvalue weighted by atomic mass is 16.3. The first-order chi connectivity index (χ1) is 11.7. The minimum atomic E-state index is 0.130. The second kappa shape index (κ2) is 6.09. The first-order valence-corrected chi connectivity index (χ1v) is 8.14. The fraction of sp³-hybridized carbons (Fsp3) is 0.353. The zero-order valence-electron chi connectivity index (χ0n) is 13.6. The number of fused-ring (bicyclic) bond motifs is 1. The molecule has 1 unspecified atom stereocenters. The smallest absolute Gasteiger partial charge is 0.141 e. The van der Waals surface area contributed by atoms with Crippen LogP contribution in [0.4, 0.5) is 0 Å². The number of H-pyrrole nitrogens is 1. The number of aromatic hydroxyl groups is 1. The molecule has 24 heavy (non-hydrogen) atoms. The van der Waals surface area contributed by atoms with Gasteiger partial charge in [-0.15, -0.1) is 0 Å². The molecule has 7 nitrogen and oxygen atoms in total. The van der Waals surface area contributed by atoms with E-state index in [0.717, 1.165) is 49.0 Å². The number of nitrogens with zero attached hydrogens (tertiary/aromatic N) is 5. The van der Waals surface area contributed by atoms with Gasteiger partial charge in [-0.3, -0.25) is 4.90 Å². The molecule has 3 heterocycles. The van der Waals surface area contributed by atoms with Crippen LogP contribution in [0.15, 0.2) is 36.9 Å². The van der Waals surface area contributed by atoms with Gasteiger partial charge in [0.1, 0.15) is 17.9 Å². The number of aryl methyl sites for hydroxylation is 1. The summed E-state index contributed by atoms with van der Waals surface area (Å²) in [7, 11) is 0. The molecule has 1 aliphatic rings. The van der Waals surface area contributed by atoms with Crippen molar-refractivity contribution >= 4 is 0 Å². The van der Waals surface area contributed by atoms with E-state index in [4.69, 9.17) is 0 Å². The Balaban J connectivity index is 1.64. The van der Waals surface area contributed by atoms with E-state index in [1.165, 1.54) is 0 Å². The molecule has 0 aliphatic carbocycles. The number of phenolic OH excluding ortho intramolecular Hbond substituents is 1. The molecule has 7 heteroatoms. The van der Waals surface area contributed by atoms with Gasteiger partial charge in [0, 0.05) is 25.6 Å². The quantitative estimate of drug-likeness (QED) is 0.765. The van der Waals surface area contributed by atoms with E-state index in [-0.39, 0.29) is 11.7 Å². The Hall–Kier alpha value is -2.67. The van der Waals surface area contributed by atoms with E-state index < -0.39 is 0 Å². The van der Waals surface area contributed by atoms with Gasteiger partial charge < -0.3 is 10.1 Å². The molecule has 1 aromatic carbocycles. The molecule has 4 rings (SSSR count). The van der Waals surface area contributed by atoms with Gasteiger partial charge in [0.25, 0.3) is 0 Å². The van der Waals surface area contributed by atoms with Crippen molar-refractivity contribution in [2.24, 2.45) is 0 Å². The van der Waals surface area contributed by atoms with Crippen molar-refractivity contribution in [2.75, 3.05) is 6.54 Å². The van der Waals surface area contributed by atoms with Crippen LogP contribution in [-0.2, 0) is 19.6 Å². The molecule has 1 atom stereocenters. The fourth-order valence-corrected chi connectivity index (χ4v) is 3.39. The zero-order valence-corrected chi connectivity index (χ0v) is 13.6. The number of hydrogen-bond donors (Lipinski definition) is 2. The molecule has 0 saturated carbocycles. The first kappa shape index (κ1) is 14.9. The molecule has 0 saturated heterocycles. The summed E-state index contributed by atoms with van der Waals surface area (Å²) in [6, 6.07) is 7.44. The molecular formula is C17H20N6O. The zero-order chi connectivity index (χ0) is 16.5. The van der Waals surface area contributed by atoms with E-state index in [2.05, 4.69) is 31.9 Å². The van der Waals surface area contributed by atoms with Crippen LogP contribution in [0.1, 0.15) is 35.6 Å². The third-order valence-electron chi connectivity index (χ3n) is 4.54. The molecule has 1 aliphatic heterocycles. The summed E-state index contributed by atoms with van der Waals surface area (Å²) in [5.74, 6) is 1.38. The van der Waals surface area contributed by atoms with Crippen LogP contribution in [-0.4, -0.2) is 41.3 Å². The van der Waals surface area contributed by atoms with Gasteiger partial charge in [0.15, 0.2) is 0 Å². The number of aromatic amines is 1. The van der Waals surface area contributed by atoms with Crippen LogP contribution >= 0.6 is 0 Å². The van der Waals surface area contributed by atoms with Crippen LogP contribution in [0, 0.1) is 0 Å². The molecule has 0 bridgehead atoms. The molecule has 0 fully saturated rings. The highest BCUT2D eigenvalue weighted by Gasteiger charge is 2.29. The molecule has 0 amide bonds. The van der Waals surface area contributed by atoms with E-state index in [1.54, 1.807) is 18.7 Å². The maximum Gasteiger partial charge on any atom is 0.141 e. The summed E-state index contributed by atoms with van der Waals surface area (Å²) in [6.07, 6.45) is 3.36. The predicted octanol–water partition coefficient (Wildman–Crippen LogP) is 1.87. The van der Waals surface area contributed by atoms with Gasteiger partial charge in [-0.25, -0.2) is 14.6 Å². The van der Waals surface area contributed by atoms with Gasteiger partial charge in [0.2, 0.25) is 0 Å². The average Bonchev–Trinajstić information content (AvgIpc) is 3.22. The first-order valence-electron chi connectivity index (χ1n) is 8.14. The number of benzene rings is 1. The Morgan fingerprint density at radius 2 is 2.25 bits per heavy atom. The number of nitrogens with one attached hydrogen (secondary N) is 1. The van der Waals surface area contributed by atoms with Gasteiger partial charge >= 0.3 is 0 Å². The number of rotatable bonds is 4. The van der Waals surface area contributed by atoms with Crippen LogP contribution in [0.2, 0.25) is 0 Å². The SMILES string of the molecule is CCn1ncnc1CN1Cc2[nH]cnc2C(c2cccc(O)c2)C1. The number of phenols is 1. The van der Waals surface area contributed by atoms with Gasteiger partial charge in [-0.2, -0.15) is 5.10 Å². The maximum absolute atomic E-state index is 9.82. The van der Waals surface area contributed by atoms with E-state index in [9.17, 15) is 5.11 Å². The van der Waals surface area contributed by atoms with Crippen molar-refractivity contribution in [2.45, 2.75) is 32.5 Å². The maximum atomic E-state index is 9.82. The second-order valence-electron chi connectivity index (χ2n) is 6.08. The van der Waals surface area contributed by atoms with Gasteiger partial charge in [0.05, 0.1) is 24.3 Å². The molecule has 2 N–H and O–H groups in total. The summed E-state index contributed by atoms with van der Waals surface area (Å²) in [6.45, 7) is 5.26. The standard InChI is InChI=1S/C17H20N6O/c1-2-23-16(19-11-21-23)9-22-7-14(12-4-3-5-13(24)6-12)17-15(8-22)18-10-20-17/h3-6,10-11,14,24H,2,7-9H2,1H3,(H,18,20). The van der Waals surface area contributed by atoms with Crippen molar-refractivity contribution in [3.8, 4) is 5.75 Å². The van der Waals surface area contributed by atoms with E-state index in [1.807, 2.05) is 22.9 Å². The van der Waals surface area contributed by atoms with Crippen LogP contribution in [0.3, 0.4) is 0 Å². The highest BCUT2D eigenvalue weighted by Crippen LogP contribution is 2.33. The van der Waals surface area contributed by atoms with Crippen molar-refractivity contribution in [3.05, 3.63) is 59.7 Å². The van der Waals surface area contributed by atoms with Crippen LogP contribution in [0.5, 0.6) is 5.75 Å². The number of hydrogen-bond acceptors (Lipinski definition) is 5. The Bertz CT molecular complexity index is 839. The molecule has 0 spiro atoms. The monoisotopic (exact) mass is 324 g/mol. The minimum Gasteiger partial charge on any atom is -0.508 e. The molecular weight excluding hydrogens is 304 g/mol. The Morgan fingerprint density at radius 1 is 1.33 bits per heavy atom. The summed E-state index contributed by atoms with van der Waals surface area (Å²) < 4.78 is 1.92. The van der Waals surface area contributed by atoms with Crippen LogP contribution < -0.4 is 0 Å². The Kier molecular flexibility index (Phi) is 3.78. The molecule has 2 aromatic heterocycles. The van der Waals surface area contributed by atoms with Crippen LogP contribution in [0.25, 0.3) is 0 Å². The topological polar surface area (TPSA) is 82.9 Å². The molecule has 124 valence electrons. The lowest BCUT2D eigenvalue weighted by Gasteiger charge is -2.32. The largest absolute Gasteiger partial charge is 0.508 e. The predicted molar refractivity (Wildman–Crippen MR) is 88.3 cm³/mol. The molecule has 3 aromatic rings. The average molecular weight is 324 g/mol. The van der Waals surface area contributed by atoms with E-state index >= 15 is 0 Å². The fourth-order valence-electron chi connectivity index (χ4n) is 3.39. The lowest BCUT2D eigenvalue weighted by molar-refractivity contribution is 0.218.